The van der Waals surface area contributed by atoms with E-state index in [0.29, 0.717) is 0 Å². The van der Waals surface area contributed by atoms with Gasteiger partial charge in [0.15, 0.2) is 0 Å². The highest BCUT2D eigenvalue weighted by molar-refractivity contribution is 7.92. The van der Waals surface area contributed by atoms with Crippen LogP contribution in [0.25, 0.3) is 0 Å². The fourth-order valence-corrected chi connectivity index (χ4v) is 2.99. The van der Waals surface area contributed by atoms with Gasteiger partial charge in [-0.25, -0.2) is 8.42 Å². The van der Waals surface area contributed by atoms with E-state index in [9.17, 15) is 26.4 Å². The molecule has 1 amide bonds. The maximum atomic E-state index is 12.8. The molecule has 0 saturated heterocycles. The molecular weight excluding hydrogens is 385 g/mol. The van der Waals surface area contributed by atoms with Crippen LogP contribution in [-0.4, -0.2) is 41.0 Å². The lowest BCUT2D eigenvalue weighted by Crippen LogP contribution is -2.23. The van der Waals surface area contributed by atoms with Gasteiger partial charge in [-0.1, -0.05) is 6.07 Å². The van der Waals surface area contributed by atoms with Crippen LogP contribution in [0.2, 0.25) is 0 Å². The fourth-order valence-electron chi connectivity index (χ4n) is 2.21. The Morgan fingerprint density at radius 1 is 1.11 bits per heavy atom. The zero-order chi connectivity index (χ0) is 20.4. The van der Waals surface area contributed by atoms with Gasteiger partial charge in [0.25, 0.3) is 15.7 Å². The second kappa shape index (κ2) is 7.47. The van der Waals surface area contributed by atoms with Crippen molar-refractivity contribution in [2.75, 3.05) is 31.4 Å². The number of rotatable bonds is 5. The number of hydrogen-bond acceptors (Lipinski definition) is 5. The molecule has 2 aromatic rings. The summed E-state index contributed by atoms with van der Waals surface area (Å²) in [4.78, 5) is 13.2. The maximum absolute atomic E-state index is 12.8. The molecule has 0 fully saturated rings. The molecule has 0 radical (unpaired) electrons. The molecule has 10 heteroatoms. The molecule has 1 N–H and O–H groups in total. The van der Waals surface area contributed by atoms with E-state index in [2.05, 4.69) is 5.32 Å². The molecule has 0 unspecified atom stereocenters. The SMILES string of the molecule is COc1ccc(S(=O)(=O)C(F)(F)F)cc1NC(=O)c1cccc(N(C)C)c1. The Labute approximate surface area is 154 Å². The van der Waals surface area contributed by atoms with Crippen molar-refractivity contribution in [3.05, 3.63) is 48.0 Å². The van der Waals surface area contributed by atoms with E-state index in [4.69, 9.17) is 4.74 Å². The number of carbonyl (C=O) groups is 1. The number of ether oxygens (including phenoxy) is 1. The van der Waals surface area contributed by atoms with Crippen molar-refractivity contribution in [1.82, 2.24) is 0 Å². The second-order valence-corrected chi connectivity index (χ2v) is 7.65. The van der Waals surface area contributed by atoms with Gasteiger partial charge in [0.1, 0.15) is 5.75 Å². The Morgan fingerprint density at radius 3 is 2.33 bits per heavy atom. The van der Waals surface area contributed by atoms with Gasteiger partial charge in [-0.3, -0.25) is 4.79 Å². The number of halogens is 3. The fraction of sp³-hybridized carbons (Fsp3) is 0.235. The Morgan fingerprint density at radius 2 is 1.78 bits per heavy atom. The standard InChI is InChI=1S/C17H17F3N2O4S/c1-22(2)12-6-4-5-11(9-12)16(23)21-14-10-13(7-8-15(14)26-3)27(24,25)17(18,19)20/h4-10H,1-3H3,(H,21,23). The molecule has 0 aromatic heterocycles. The van der Waals surface area contributed by atoms with Gasteiger partial charge in [0.2, 0.25) is 0 Å². The predicted molar refractivity (Wildman–Crippen MR) is 95.0 cm³/mol. The normalized spacial score (nSPS) is 11.8. The number of benzene rings is 2. The molecule has 2 rings (SSSR count). The Hall–Kier alpha value is -2.75. The number of carbonyl (C=O) groups excluding carboxylic acids is 1. The number of nitrogens with one attached hydrogen (secondary N) is 1. The summed E-state index contributed by atoms with van der Waals surface area (Å²) in [6, 6.07) is 9.05. The maximum Gasteiger partial charge on any atom is 0.501 e. The zero-order valence-corrected chi connectivity index (χ0v) is 15.5. The van der Waals surface area contributed by atoms with Gasteiger partial charge in [-0.2, -0.15) is 13.2 Å². The minimum absolute atomic E-state index is 0.0215. The minimum Gasteiger partial charge on any atom is -0.495 e. The Balaban J connectivity index is 2.42. The van der Waals surface area contributed by atoms with E-state index in [0.717, 1.165) is 23.9 Å². The number of methoxy groups -OCH3 is 1. The van der Waals surface area contributed by atoms with Crippen LogP contribution in [0, 0.1) is 0 Å². The molecular formula is C17H17F3N2O4S. The van der Waals surface area contributed by atoms with Gasteiger partial charge < -0.3 is 15.0 Å². The summed E-state index contributed by atoms with van der Waals surface area (Å²) in [6.07, 6.45) is 0. The third-order valence-electron chi connectivity index (χ3n) is 3.66. The molecule has 0 aliphatic carbocycles. The summed E-state index contributed by atoms with van der Waals surface area (Å²) in [6.45, 7) is 0. The number of anilines is 2. The highest BCUT2D eigenvalue weighted by Crippen LogP contribution is 2.34. The Kier molecular flexibility index (Phi) is 5.69. The quantitative estimate of drug-likeness (QED) is 0.831. The Bertz CT molecular complexity index is 957. The largest absolute Gasteiger partial charge is 0.501 e. The number of amides is 1. The van der Waals surface area contributed by atoms with E-state index >= 15 is 0 Å². The molecule has 0 aliphatic heterocycles. The average molecular weight is 402 g/mol. The van der Waals surface area contributed by atoms with Crippen LogP contribution in [0.1, 0.15) is 10.4 Å². The molecule has 0 bridgehead atoms. The van der Waals surface area contributed by atoms with Crippen molar-refractivity contribution in [3.8, 4) is 5.75 Å². The van der Waals surface area contributed by atoms with Gasteiger partial charge in [0.05, 0.1) is 17.7 Å². The molecule has 146 valence electrons. The van der Waals surface area contributed by atoms with Crippen LogP contribution >= 0.6 is 0 Å². The van der Waals surface area contributed by atoms with Gasteiger partial charge in [-0.05, 0) is 36.4 Å². The lowest BCUT2D eigenvalue weighted by Gasteiger charge is -2.15. The van der Waals surface area contributed by atoms with Crippen molar-refractivity contribution in [3.63, 3.8) is 0 Å². The summed E-state index contributed by atoms with van der Waals surface area (Å²) in [5.41, 5.74) is -4.67. The van der Waals surface area contributed by atoms with Crippen LogP contribution in [-0.2, 0) is 9.84 Å². The first-order valence-corrected chi connectivity index (χ1v) is 9.04. The van der Waals surface area contributed by atoms with E-state index < -0.39 is 26.1 Å². The van der Waals surface area contributed by atoms with Crippen molar-refractivity contribution < 1.29 is 31.1 Å². The lowest BCUT2D eigenvalue weighted by atomic mass is 10.1. The first-order valence-electron chi connectivity index (χ1n) is 7.55. The van der Waals surface area contributed by atoms with Crippen molar-refractivity contribution >= 4 is 27.1 Å². The highest BCUT2D eigenvalue weighted by Gasteiger charge is 2.47. The number of nitrogens with zero attached hydrogens (tertiary/aromatic N) is 1. The van der Waals surface area contributed by atoms with Crippen LogP contribution in [0.15, 0.2) is 47.4 Å². The van der Waals surface area contributed by atoms with Crippen LogP contribution in [0.3, 0.4) is 0 Å². The molecule has 0 aliphatic rings. The first-order chi connectivity index (χ1) is 12.5. The topological polar surface area (TPSA) is 75.7 Å². The van der Waals surface area contributed by atoms with E-state index in [1.165, 1.54) is 13.2 Å². The zero-order valence-electron chi connectivity index (χ0n) is 14.7. The third-order valence-corrected chi connectivity index (χ3v) is 5.14. The smallest absolute Gasteiger partial charge is 0.495 e. The van der Waals surface area contributed by atoms with Crippen LogP contribution in [0.4, 0.5) is 24.5 Å². The third kappa shape index (κ3) is 4.33. The summed E-state index contributed by atoms with van der Waals surface area (Å²) >= 11 is 0. The van der Waals surface area contributed by atoms with Gasteiger partial charge >= 0.3 is 5.51 Å². The molecule has 27 heavy (non-hydrogen) atoms. The number of alkyl halides is 3. The summed E-state index contributed by atoms with van der Waals surface area (Å²) in [5, 5.41) is 2.39. The molecule has 2 aromatic carbocycles. The van der Waals surface area contributed by atoms with Crippen LogP contribution in [0.5, 0.6) is 5.75 Å². The average Bonchev–Trinajstić information content (AvgIpc) is 2.60. The number of sulfone groups is 1. The van der Waals surface area contributed by atoms with E-state index in [1.54, 1.807) is 37.2 Å². The molecule has 0 heterocycles. The van der Waals surface area contributed by atoms with E-state index in [-0.39, 0.29) is 17.0 Å². The van der Waals surface area contributed by atoms with Crippen molar-refractivity contribution in [2.45, 2.75) is 10.4 Å². The predicted octanol–water partition coefficient (Wildman–Crippen LogP) is 3.31. The van der Waals surface area contributed by atoms with Crippen LogP contribution < -0.4 is 15.0 Å². The second-order valence-electron chi connectivity index (χ2n) is 5.71. The van der Waals surface area contributed by atoms with Gasteiger partial charge in [0, 0.05) is 25.3 Å². The first kappa shape index (κ1) is 20.6. The molecule has 6 nitrogen and oxygen atoms in total. The van der Waals surface area contributed by atoms with Crippen molar-refractivity contribution in [2.24, 2.45) is 0 Å². The summed E-state index contributed by atoms with van der Waals surface area (Å²) < 4.78 is 66.5. The number of hydrogen-bond donors (Lipinski definition) is 1. The molecule has 0 saturated carbocycles. The van der Waals surface area contributed by atoms with Crippen molar-refractivity contribution in [1.29, 1.82) is 0 Å². The molecule has 0 atom stereocenters. The summed E-state index contributed by atoms with van der Waals surface area (Å²) in [7, 11) is -0.744. The summed E-state index contributed by atoms with van der Waals surface area (Å²) in [5.74, 6) is -0.605. The van der Waals surface area contributed by atoms with Gasteiger partial charge in [-0.15, -0.1) is 0 Å². The molecule has 0 spiro atoms. The lowest BCUT2D eigenvalue weighted by molar-refractivity contribution is -0.0436. The monoisotopic (exact) mass is 402 g/mol. The minimum atomic E-state index is -5.56. The highest BCUT2D eigenvalue weighted by atomic mass is 32.2. The van der Waals surface area contributed by atoms with E-state index in [1.807, 2.05) is 0 Å².